The van der Waals surface area contributed by atoms with Crippen molar-refractivity contribution in [1.29, 1.82) is 0 Å². The molecule has 0 aromatic rings. The van der Waals surface area contributed by atoms with Crippen molar-refractivity contribution in [3.05, 3.63) is 0 Å². The quantitative estimate of drug-likeness (QED) is 0.279. The Labute approximate surface area is 153 Å². The van der Waals surface area contributed by atoms with Crippen molar-refractivity contribution in [1.82, 2.24) is 0 Å². The summed E-state index contributed by atoms with van der Waals surface area (Å²) in [7, 11) is -2.66. The predicted octanol–water partition coefficient (Wildman–Crippen LogP) is 5.96. The normalized spacial score (nSPS) is 17.6. The molecule has 1 atom stereocenters. The monoisotopic (exact) mass is 462 g/mol. The molecule has 2 nitrogen and oxygen atoms in total. The first-order valence-electron chi connectivity index (χ1n) is 7.54. The molecule has 0 saturated carbocycles. The van der Waals surface area contributed by atoms with E-state index in [0.29, 0.717) is 0 Å². The average Bonchev–Trinajstić information content (AvgIpc) is 2.51. The summed E-state index contributed by atoms with van der Waals surface area (Å²) in [4.78, 5) is 0. The van der Waals surface area contributed by atoms with Crippen molar-refractivity contribution in [3.63, 3.8) is 0 Å². The molecule has 0 aromatic heterocycles. The van der Waals surface area contributed by atoms with Crippen LogP contribution in [0.3, 0.4) is 0 Å². The minimum atomic E-state index is -7.56. The van der Waals surface area contributed by atoms with Gasteiger partial charge in [-0.05, 0) is 12.6 Å². The molecule has 0 aromatic carbocycles. The lowest BCUT2D eigenvalue weighted by atomic mass is 9.92. The van der Waals surface area contributed by atoms with Gasteiger partial charge in [-0.2, -0.15) is 52.7 Å². The van der Waals surface area contributed by atoms with Gasteiger partial charge in [0.1, 0.15) is 6.61 Å². The van der Waals surface area contributed by atoms with E-state index in [1.807, 2.05) is 0 Å². The highest BCUT2D eigenvalue weighted by atomic mass is 28.4. The van der Waals surface area contributed by atoms with Crippen molar-refractivity contribution in [3.8, 4) is 0 Å². The minimum Gasteiger partial charge on any atom is -0.398 e. The lowest BCUT2D eigenvalue weighted by Crippen LogP contribution is -2.71. The highest BCUT2D eigenvalue weighted by Crippen LogP contribution is 2.59. The third-order valence-electron chi connectivity index (χ3n) is 3.89. The van der Waals surface area contributed by atoms with Gasteiger partial charge in [-0.25, -0.2) is 0 Å². The maximum absolute atomic E-state index is 13.7. The van der Waals surface area contributed by atoms with Gasteiger partial charge in [-0.15, -0.1) is 0 Å². The number of alkyl halides is 12. The molecule has 0 heterocycles. The molecule has 0 radical (unpaired) electrons. The van der Waals surface area contributed by atoms with Crippen molar-refractivity contribution in [2.24, 2.45) is 0 Å². The van der Waals surface area contributed by atoms with Crippen molar-refractivity contribution in [2.75, 3.05) is 13.7 Å². The molecule has 1 unspecified atom stereocenters. The first-order chi connectivity index (χ1) is 12.1. The fourth-order valence-electron chi connectivity index (χ4n) is 1.92. The van der Waals surface area contributed by atoms with E-state index in [0.717, 1.165) is 13.7 Å². The van der Waals surface area contributed by atoms with Crippen LogP contribution in [-0.4, -0.2) is 57.8 Å². The second-order valence-corrected chi connectivity index (χ2v) is 9.73. The van der Waals surface area contributed by atoms with Crippen LogP contribution in [0.1, 0.15) is 20.3 Å². The van der Waals surface area contributed by atoms with Gasteiger partial charge in [0.25, 0.3) is 0 Å². The second-order valence-electron chi connectivity index (χ2n) is 6.27. The predicted molar refractivity (Wildman–Crippen MR) is 75.0 cm³/mol. The third-order valence-corrected chi connectivity index (χ3v) is 6.92. The topological polar surface area (TPSA) is 18.5 Å². The summed E-state index contributed by atoms with van der Waals surface area (Å²) in [6, 6.07) is -0.0855. The molecular formula is C13H18F12O2Si. The molecule has 0 rings (SSSR count). The molecule has 170 valence electrons. The zero-order chi connectivity index (χ0) is 23.0. The Balaban J connectivity index is 5.98. The van der Waals surface area contributed by atoms with Crippen LogP contribution in [0, 0.1) is 0 Å². The number of hydrogen-bond donors (Lipinski definition) is 0. The van der Waals surface area contributed by atoms with E-state index in [4.69, 9.17) is 4.43 Å². The summed E-state index contributed by atoms with van der Waals surface area (Å²) in [6.07, 6.45) is 0.227. The van der Waals surface area contributed by atoms with E-state index in [1.54, 1.807) is 0 Å². The first kappa shape index (κ1) is 27.3. The highest BCUT2D eigenvalue weighted by molar-refractivity contribution is 6.65. The van der Waals surface area contributed by atoms with E-state index < -0.39 is 57.6 Å². The maximum Gasteiger partial charge on any atom is 0.384 e. The molecular weight excluding hydrogens is 444 g/mol. The van der Waals surface area contributed by atoms with Crippen molar-refractivity contribution < 1.29 is 61.5 Å². The summed E-state index contributed by atoms with van der Waals surface area (Å²) >= 11 is 0. The zero-order valence-corrected chi connectivity index (χ0v) is 16.0. The largest absolute Gasteiger partial charge is 0.398 e. The van der Waals surface area contributed by atoms with Crippen LogP contribution >= 0.6 is 0 Å². The summed E-state index contributed by atoms with van der Waals surface area (Å²) in [6.45, 7) is -0.960. The lowest BCUT2D eigenvalue weighted by Gasteiger charge is -2.41. The second kappa shape index (κ2) is 7.85. The summed E-state index contributed by atoms with van der Waals surface area (Å²) in [5, 5.41) is 0. The van der Waals surface area contributed by atoms with Gasteiger partial charge < -0.3 is 8.85 Å². The van der Waals surface area contributed by atoms with Crippen LogP contribution in [0.5, 0.6) is 0 Å². The van der Waals surface area contributed by atoms with Crippen LogP contribution in [0.15, 0.2) is 0 Å². The molecule has 28 heavy (non-hydrogen) atoms. The van der Waals surface area contributed by atoms with Gasteiger partial charge in [-0.1, -0.05) is 13.3 Å². The summed E-state index contributed by atoms with van der Waals surface area (Å²) in [5.74, 6) is -41.4. The Kier molecular flexibility index (Phi) is 7.65. The summed E-state index contributed by atoms with van der Waals surface area (Å²) in [5.41, 5.74) is 0. The fraction of sp³-hybridized carbons (Fsp3) is 1.00. The van der Waals surface area contributed by atoms with Crippen LogP contribution in [-0.2, 0) is 8.85 Å². The third kappa shape index (κ3) is 4.39. The van der Waals surface area contributed by atoms with Gasteiger partial charge in [0, 0.05) is 14.0 Å². The molecule has 0 N–H and O–H groups in total. The Morgan fingerprint density at radius 2 is 1.11 bits per heavy atom. The van der Waals surface area contributed by atoms with Gasteiger partial charge in [0.05, 0.1) is 0 Å². The fourth-order valence-corrected chi connectivity index (χ4v) is 3.78. The molecule has 0 aliphatic heterocycles. The van der Waals surface area contributed by atoms with Crippen LogP contribution in [0.25, 0.3) is 0 Å². The Morgan fingerprint density at radius 1 is 0.714 bits per heavy atom. The average molecular weight is 462 g/mol. The summed E-state index contributed by atoms with van der Waals surface area (Å²) < 4.78 is 169. The molecule has 0 spiro atoms. The minimum absolute atomic E-state index is 0.0855. The SMILES string of the molecule is CCC[Si](C)(OC)OCC(F)(F)C(F)(F)C(F)(F)C(F)(F)C(F)(F)C(C)(F)F. The van der Waals surface area contributed by atoms with E-state index in [2.05, 4.69) is 4.43 Å². The number of rotatable bonds is 11. The molecule has 0 saturated heterocycles. The Morgan fingerprint density at radius 3 is 1.43 bits per heavy atom. The molecule has 0 fully saturated rings. The first-order valence-corrected chi connectivity index (χ1v) is 10.1. The van der Waals surface area contributed by atoms with E-state index in [-0.39, 0.29) is 12.5 Å². The van der Waals surface area contributed by atoms with Gasteiger partial charge in [0.2, 0.25) is 0 Å². The lowest BCUT2D eigenvalue weighted by molar-refractivity contribution is -0.424. The van der Waals surface area contributed by atoms with Gasteiger partial charge in [0.15, 0.2) is 0 Å². The number of hydrogen-bond acceptors (Lipinski definition) is 2. The number of halogens is 12. The van der Waals surface area contributed by atoms with E-state index in [9.17, 15) is 52.7 Å². The molecule has 0 aliphatic carbocycles. The Bertz CT molecular complexity index is 534. The van der Waals surface area contributed by atoms with Gasteiger partial charge >= 0.3 is 44.1 Å². The van der Waals surface area contributed by atoms with Crippen LogP contribution in [0.4, 0.5) is 52.7 Å². The molecule has 15 heteroatoms. The molecule has 0 amide bonds. The zero-order valence-electron chi connectivity index (χ0n) is 15.0. The standard InChI is InChI=1S/C13H18F12O2Si/c1-5-6-28(4,26-3)27-7-9(16,17)11(20,21)13(24,25)12(22,23)10(18,19)8(2,14)15/h5-7H2,1-4H3. The van der Waals surface area contributed by atoms with E-state index in [1.165, 1.54) is 6.92 Å². The van der Waals surface area contributed by atoms with Gasteiger partial charge in [-0.3, -0.25) is 0 Å². The Hall–Kier alpha value is -0.703. The van der Waals surface area contributed by atoms with Crippen LogP contribution in [0.2, 0.25) is 12.6 Å². The van der Waals surface area contributed by atoms with Crippen molar-refractivity contribution in [2.45, 2.75) is 68.4 Å². The van der Waals surface area contributed by atoms with Crippen LogP contribution < -0.4 is 0 Å². The van der Waals surface area contributed by atoms with Crippen molar-refractivity contribution >= 4 is 8.56 Å². The smallest absolute Gasteiger partial charge is 0.384 e. The van der Waals surface area contributed by atoms with E-state index >= 15 is 0 Å². The maximum atomic E-state index is 13.7. The highest BCUT2D eigenvalue weighted by Gasteiger charge is 2.89. The molecule has 0 aliphatic rings. The molecule has 0 bridgehead atoms.